The third-order valence-electron chi connectivity index (χ3n) is 3.47. The van der Waals surface area contributed by atoms with Crippen molar-refractivity contribution in [1.82, 2.24) is 9.88 Å². The first kappa shape index (κ1) is 18.5. The molecule has 7 heteroatoms. The highest BCUT2D eigenvalue weighted by atomic mass is 32.2. The highest BCUT2D eigenvalue weighted by Crippen LogP contribution is 2.24. The maximum absolute atomic E-state index is 12.3. The fourth-order valence-electron chi connectivity index (χ4n) is 2.12. The summed E-state index contributed by atoms with van der Waals surface area (Å²) in [4.78, 5) is 30.1. The van der Waals surface area contributed by atoms with Crippen molar-refractivity contribution >= 4 is 35.0 Å². The molecule has 0 fully saturated rings. The average molecular weight is 364 g/mol. The Balaban J connectivity index is 1.93. The van der Waals surface area contributed by atoms with E-state index < -0.39 is 11.9 Å². The maximum atomic E-state index is 12.3. The van der Waals surface area contributed by atoms with E-state index >= 15 is 0 Å². The number of benzene rings is 1. The lowest BCUT2D eigenvalue weighted by Crippen LogP contribution is -2.33. The molecule has 1 aromatic heterocycles. The lowest BCUT2D eigenvalue weighted by atomic mass is 10.1. The van der Waals surface area contributed by atoms with Crippen LogP contribution in [0.3, 0.4) is 0 Å². The van der Waals surface area contributed by atoms with E-state index in [0.717, 1.165) is 21.3 Å². The summed E-state index contributed by atoms with van der Waals surface area (Å²) in [5.41, 5.74) is 1.62. The number of thiazole rings is 1. The minimum atomic E-state index is -0.904. The summed E-state index contributed by atoms with van der Waals surface area (Å²) in [6, 6.07) is 7.37. The summed E-state index contributed by atoms with van der Waals surface area (Å²) in [7, 11) is 1.62. The van der Waals surface area contributed by atoms with Crippen LogP contribution in [0, 0.1) is 12.8 Å². The van der Waals surface area contributed by atoms with Gasteiger partial charge in [-0.25, -0.2) is 4.98 Å². The number of nitrogens with zero attached hydrogens (tertiary/aromatic N) is 2. The molecule has 24 heavy (non-hydrogen) atoms. The highest BCUT2D eigenvalue weighted by molar-refractivity contribution is 7.98. The van der Waals surface area contributed by atoms with Gasteiger partial charge in [-0.1, -0.05) is 6.92 Å². The van der Waals surface area contributed by atoms with Gasteiger partial charge in [-0.05, 0) is 31.2 Å². The van der Waals surface area contributed by atoms with Gasteiger partial charge in [0.25, 0.3) is 5.91 Å². The summed E-state index contributed by atoms with van der Waals surface area (Å²) in [6.45, 7) is 3.76. The Morgan fingerprint density at radius 1 is 1.33 bits per heavy atom. The van der Waals surface area contributed by atoms with Crippen LogP contribution < -0.4 is 0 Å². The molecule has 2 rings (SSSR count). The molecule has 0 bridgehead atoms. The number of carboxylic acid groups (broad SMARTS) is 1. The number of carbonyl (C=O) groups is 2. The quantitative estimate of drug-likeness (QED) is 0.761. The molecule has 5 nitrogen and oxygen atoms in total. The van der Waals surface area contributed by atoms with Gasteiger partial charge in [0, 0.05) is 35.2 Å². The number of hydrogen-bond acceptors (Lipinski definition) is 5. The molecular formula is C17H20N2O3S2. The molecule has 128 valence electrons. The first-order chi connectivity index (χ1) is 11.4. The van der Waals surface area contributed by atoms with Crippen LogP contribution in [0.5, 0.6) is 0 Å². The lowest BCUT2D eigenvalue weighted by Gasteiger charge is -2.19. The van der Waals surface area contributed by atoms with Gasteiger partial charge >= 0.3 is 5.97 Å². The molecule has 0 radical (unpaired) electrons. The maximum Gasteiger partial charge on any atom is 0.308 e. The van der Waals surface area contributed by atoms with Crippen molar-refractivity contribution in [3.05, 3.63) is 45.9 Å². The Morgan fingerprint density at radius 3 is 2.54 bits per heavy atom. The molecule has 2 aromatic rings. The van der Waals surface area contributed by atoms with Crippen molar-refractivity contribution in [1.29, 1.82) is 0 Å². The number of aliphatic carboxylic acids is 1. The fourth-order valence-corrected chi connectivity index (χ4v) is 3.63. The zero-order valence-electron chi connectivity index (χ0n) is 13.9. The van der Waals surface area contributed by atoms with Gasteiger partial charge in [-0.15, -0.1) is 23.1 Å². The van der Waals surface area contributed by atoms with Crippen LogP contribution in [-0.4, -0.2) is 40.5 Å². The second kappa shape index (κ2) is 8.30. The van der Waals surface area contributed by atoms with Crippen LogP contribution >= 0.6 is 23.1 Å². The highest BCUT2D eigenvalue weighted by Gasteiger charge is 2.18. The minimum Gasteiger partial charge on any atom is -0.481 e. The second-order valence-electron chi connectivity index (χ2n) is 5.60. The van der Waals surface area contributed by atoms with Gasteiger partial charge in [-0.2, -0.15) is 0 Å². The fraction of sp³-hybridized carbons (Fsp3) is 0.353. The third kappa shape index (κ3) is 5.07. The summed E-state index contributed by atoms with van der Waals surface area (Å²) >= 11 is 3.31. The van der Waals surface area contributed by atoms with Crippen molar-refractivity contribution in [2.24, 2.45) is 5.92 Å². The van der Waals surface area contributed by atoms with Crippen molar-refractivity contribution in [2.75, 3.05) is 13.6 Å². The van der Waals surface area contributed by atoms with Gasteiger partial charge in [-0.3, -0.25) is 9.59 Å². The molecule has 0 aliphatic carbocycles. The van der Waals surface area contributed by atoms with Gasteiger partial charge in [0.1, 0.15) is 0 Å². The Kier molecular flexibility index (Phi) is 6.39. The van der Waals surface area contributed by atoms with E-state index in [4.69, 9.17) is 5.11 Å². The number of amides is 1. The van der Waals surface area contributed by atoms with Crippen molar-refractivity contribution < 1.29 is 14.7 Å². The summed E-state index contributed by atoms with van der Waals surface area (Å²) in [5, 5.41) is 12.0. The molecule has 0 saturated heterocycles. The summed E-state index contributed by atoms with van der Waals surface area (Å²) < 4.78 is 0. The summed E-state index contributed by atoms with van der Waals surface area (Å²) in [6.07, 6.45) is 0. The van der Waals surface area contributed by atoms with E-state index in [1.807, 2.05) is 19.1 Å². The first-order valence-electron chi connectivity index (χ1n) is 7.49. The molecule has 1 atom stereocenters. The van der Waals surface area contributed by atoms with Gasteiger partial charge < -0.3 is 10.0 Å². The largest absolute Gasteiger partial charge is 0.481 e. The van der Waals surface area contributed by atoms with E-state index in [1.54, 1.807) is 49.2 Å². The molecule has 0 aliphatic heterocycles. The van der Waals surface area contributed by atoms with Gasteiger partial charge in [0.2, 0.25) is 0 Å². The third-order valence-corrected chi connectivity index (χ3v) is 5.34. The van der Waals surface area contributed by atoms with Crippen LogP contribution in [0.4, 0.5) is 0 Å². The van der Waals surface area contributed by atoms with E-state index in [9.17, 15) is 9.59 Å². The minimum absolute atomic E-state index is 0.172. The predicted molar refractivity (Wildman–Crippen MR) is 96.6 cm³/mol. The van der Waals surface area contributed by atoms with E-state index in [0.29, 0.717) is 5.56 Å². The van der Waals surface area contributed by atoms with E-state index in [-0.39, 0.29) is 12.5 Å². The zero-order chi connectivity index (χ0) is 17.7. The van der Waals surface area contributed by atoms with Crippen molar-refractivity contribution in [3.63, 3.8) is 0 Å². The Morgan fingerprint density at radius 2 is 2.00 bits per heavy atom. The number of thioether (sulfide) groups is 1. The Labute approximate surface area is 149 Å². The molecular weight excluding hydrogens is 344 g/mol. The molecule has 1 aromatic carbocycles. The number of aryl methyl sites for hydroxylation is 1. The Bertz CT molecular complexity index is 713. The molecule has 1 unspecified atom stereocenters. The number of hydrogen-bond donors (Lipinski definition) is 1. The van der Waals surface area contributed by atoms with Crippen molar-refractivity contribution in [2.45, 2.75) is 24.5 Å². The van der Waals surface area contributed by atoms with Crippen molar-refractivity contribution in [3.8, 4) is 0 Å². The summed E-state index contributed by atoms with van der Waals surface area (Å²) in [5.74, 6) is -0.864. The predicted octanol–water partition coefficient (Wildman–Crippen LogP) is 3.54. The number of carbonyl (C=O) groups excluding carboxylic acids is 1. The molecule has 0 spiro atoms. The van der Waals surface area contributed by atoms with Gasteiger partial charge in [0.15, 0.2) is 0 Å². The van der Waals surface area contributed by atoms with Crippen LogP contribution in [0.1, 0.15) is 28.0 Å². The number of rotatable bonds is 7. The van der Waals surface area contributed by atoms with Crippen LogP contribution in [0.15, 0.2) is 34.5 Å². The van der Waals surface area contributed by atoms with E-state index in [1.165, 1.54) is 4.90 Å². The average Bonchev–Trinajstić information content (AvgIpc) is 2.98. The first-order valence-corrected chi connectivity index (χ1v) is 9.35. The SMILES string of the molecule is Cc1nc(CSc2ccc(C(=O)N(C)CC(C)C(=O)O)cc2)cs1. The monoisotopic (exact) mass is 364 g/mol. The molecule has 1 amide bonds. The normalized spacial score (nSPS) is 12.0. The second-order valence-corrected chi connectivity index (χ2v) is 7.71. The number of carboxylic acids is 1. The topological polar surface area (TPSA) is 70.5 Å². The molecule has 0 aliphatic rings. The van der Waals surface area contributed by atoms with E-state index in [2.05, 4.69) is 10.4 Å². The smallest absolute Gasteiger partial charge is 0.308 e. The molecule has 1 heterocycles. The number of aromatic nitrogens is 1. The Hall–Kier alpha value is -1.86. The lowest BCUT2D eigenvalue weighted by molar-refractivity contribution is -0.141. The standard InChI is InChI=1S/C17H20N2O3S2/c1-11(17(21)22)8-19(3)16(20)13-4-6-15(7-5-13)24-10-14-9-23-12(2)18-14/h4-7,9,11H,8,10H2,1-3H3,(H,21,22). The van der Waals surface area contributed by atoms with Crippen LogP contribution in [0.25, 0.3) is 0 Å². The van der Waals surface area contributed by atoms with Crippen LogP contribution in [-0.2, 0) is 10.5 Å². The van der Waals surface area contributed by atoms with Gasteiger partial charge in [0.05, 0.1) is 16.6 Å². The zero-order valence-corrected chi connectivity index (χ0v) is 15.5. The molecule has 1 N–H and O–H groups in total. The molecule has 0 saturated carbocycles. The van der Waals surface area contributed by atoms with Crippen LogP contribution in [0.2, 0.25) is 0 Å².